The molecule has 5 aromatic rings. The van der Waals surface area contributed by atoms with Gasteiger partial charge in [-0.1, -0.05) is 103 Å². The zero-order valence-electron chi connectivity index (χ0n) is 19.3. The average molecular weight is 447 g/mol. The number of hydrogen-bond donors (Lipinski definition) is 0. The van der Waals surface area contributed by atoms with Gasteiger partial charge in [0.1, 0.15) is 5.75 Å². The number of ether oxygens (including phenoxy) is 2. The summed E-state index contributed by atoms with van der Waals surface area (Å²) in [6.07, 6.45) is -0.554. The number of methoxy groups -OCH3 is 1. The van der Waals surface area contributed by atoms with E-state index in [4.69, 9.17) is 9.47 Å². The molecule has 0 heterocycles. The Kier molecular flexibility index (Phi) is 6.01. The Bertz CT molecular complexity index is 1380. The lowest BCUT2D eigenvalue weighted by atomic mass is 9.92. The number of carbonyl (C=O) groups is 1. The SMILES string of the molecule is COc1ccccc1[C@@H](C)C(=O)OC(c1cccc2ccccc12)c1cccc2ccccc12. The fourth-order valence-electron chi connectivity index (χ4n) is 4.62. The molecule has 0 saturated heterocycles. The Labute approximate surface area is 199 Å². The molecule has 3 nitrogen and oxygen atoms in total. The van der Waals surface area contributed by atoms with Crippen molar-refractivity contribution in [2.75, 3.05) is 7.11 Å². The van der Waals surface area contributed by atoms with Crippen molar-refractivity contribution < 1.29 is 14.3 Å². The van der Waals surface area contributed by atoms with Crippen LogP contribution in [0.1, 0.15) is 35.6 Å². The first-order valence-corrected chi connectivity index (χ1v) is 11.5. The van der Waals surface area contributed by atoms with Gasteiger partial charge in [0.05, 0.1) is 13.0 Å². The van der Waals surface area contributed by atoms with Crippen LogP contribution >= 0.6 is 0 Å². The first kappa shape index (κ1) is 21.7. The number of rotatable bonds is 6. The fourth-order valence-corrected chi connectivity index (χ4v) is 4.62. The van der Waals surface area contributed by atoms with Gasteiger partial charge in [0.15, 0.2) is 6.10 Å². The molecule has 5 aromatic carbocycles. The fraction of sp³-hybridized carbons (Fsp3) is 0.129. The molecule has 0 N–H and O–H groups in total. The predicted octanol–water partition coefficient (Wildman–Crippen LogP) is 7.44. The second-order valence-corrected chi connectivity index (χ2v) is 8.42. The van der Waals surface area contributed by atoms with E-state index in [1.165, 1.54) is 0 Å². The van der Waals surface area contributed by atoms with E-state index in [1.807, 2.05) is 67.6 Å². The van der Waals surface area contributed by atoms with Gasteiger partial charge >= 0.3 is 5.97 Å². The molecule has 0 unspecified atom stereocenters. The molecular formula is C31H26O3. The quantitative estimate of drug-likeness (QED) is 0.254. The van der Waals surface area contributed by atoms with Crippen LogP contribution in [-0.2, 0) is 9.53 Å². The van der Waals surface area contributed by atoms with Crippen molar-refractivity contribution in [1.29, 1.82) is 0 Å². The van der Waals surface area contributed by atoms with E-state index in [9.17, 15) is 4.79 Å². The molecule has 5 rings (SSSR count). The lowest BCUT2D eigenvalue weighted by Gasteiger charge is -2.24. The van der Waals surface area contributed by atoms with E-state index in [0.29, 0.717) is 5.75 Å². The summed E-state index contributed by atoms with van der Waals surface area (Å²) >= 11 is 0. The molecular weight excluding hydrogens is 420 g/mol. The predicted molar refractivity (Wildman–Crippen MR) is 137 cm³/mol. The highest BCUT2D eigenvalue weighted by Gasteiger charge is 2.27. The summed E-state index contributed by atoms with van der Waals surface area (Å²) in [4.78, 5) is 13.6. The van der Waals surface area contributed by atoms with Gasteiger partial charge in [-0.15, -0.1) is 0 Å². The first-order chi connectivity index (χ1) is 16.7. The van der Waals surface area contributed by atoms with Crippen LogP contribution in [0, 0.1) is 0 Å². The topological polar surface area (TPSA) is 35.5 Å². The highest BCUT2D eigenvalue weighted by Crippen LogP contribution is 2.37. The molecule has 0 aliphatic carbocycles. The third-order valence-corrected chi connectivity index (χ3v) is 6.40. The highest BCUT2D eigenvalue weighted by molar-refractivity contribution is 5.90. The van der Waals surface area contributed by atoms with Crippen molar-refractivity contribution in [2.24, 2.45) is 0 Å². The molecule has 0 aromatic heterocycles. The van der Waals surface area contributed by atoms with Crippen molar-refractivity contribution >= 4 is 27.5 Å². The maximum absolute atomic E-state index is 13.6. The van der Waals surface area contributed by atoms with Crippen LogP contribution in [0.2, 0.25) is 0 Å². The minimum atomic E-state index is -0.554. The van der Waals surface area contributed by atoms with Crippen molar-refractivity contribution in [3.05, 3.63) is 126 Å². The van der Waals surface area contributed by atoms with Gasteiger partial charge in [-0.05, 0) is 34.5 Å². The van der Waals surface area contributed by atoms with E-state index >= 15 is 0 Å². The second-order valence-electron chi connectivity index (χ2n) is 8.42. The maximum Gasteiger partial charge on any atom is 0.314 e. The van der Waals surface area contributed by atoms with Gasteiger partial charge in [0, 0.05) is 16.7 Å². The molecule has 0 aliphatic rings. The van der Waals surface area contributed by atoms with E-state index in [2.05, 4.69) is 48.5 Å². The molecule has 3 heteroatoms. The van der Waals surface area contributed by atoms with E-state index in [1.54, 1.807) is 7.11 Å². The minimum absolute atomic E-state index is 0.296. The molecule has 0 spiro atoms. The summed E-state index contributed by atoms with van der Waals surface area (Å²) in [7, 11) is 1.62. The monoisotopic (exact) mass is 446 g/mol. The van der Waals surface area contributed by atoms with Crippen molar-refractivity contribution in [3.63, 3.8) is 0 Å². The third kappa shape index (κ3) is 4.01. The summed E-state index contributed by atoms with van der Waals surface area (Å²) in [5, 5.41) is 4.36. The van der Waals surface area contributed by atoms with E-state index < -0.39 is 12.0 Å². The lowest BCUT2D eigenvalue weighted by Crippen LogP contribution is -2.19. The standard InChI is InChI=1S/C31H26O3/c1-21(24-15-7-8-20-29(24)33-2)31(32)34-30(27-18-9-13-22-11-3-5-16-25(22)27)28-19-10-14-23-12-4-6-17-26(23)28/h3-21,30H,1-2H3/t21-/m1/s1. The summed E-state index contributed by atoms with van der Waals surface area (Å²) in [5.41, 5.74) is 2.75. The van der Waals surface area contributed by atoms with Gasteiger partial charge in [-0.3, -0.25) is 4.79 Å². The van der Waals surface area contributed by atoms with Gasteiger partial charge in [-0.25, -0.2) is 0 Å². The average Bonchev–Trinajstić information content (AvgIpc) is 2.90. The molecule has 0 fully saturated rings. The van der Waals surface area contributed by atoms with Crippen LogP contribution in [0.4, 0.5) is 0 Å². The first-order valence-electron chi connectivity index (χ1n) is 11.5. The van der Waals surface area contributed by atoms with Gasteiger partial charge in [0.2, 0.25) is 0 Å². The Balaban J connectivity index is 1.64. The molecule has 0 saturated carbocycles. The summed E-state index contributed by atoms with van der Waals surface area (Å²) in [5.74, 6) is -0.0993. The normalized spacial score (nSPS) is 12.1. The van der Waals surface area contributed by atoms with Gasteiger partial charge in [0.25, 0.3) is 0 Å². The van der Waals surface area contributed by atoms with Crippen LogP contribution in [0.3, 0.4) is 0 Å². The number of fused-ring (bicyclic) bond motifs is 2. The van der Waals surface area contributed by atoms with Crippen LogP contribution in [0.25, 0.3) is 21.5 Å². The summed E-state index contributed by atoms with van der Waals surface area (Å²) < 4.78 is 11.9. The third-order valence-electron chi connectivity index (χ3n) is 6.40. The number of benzene rings is 5. The smallest absolute Gasteiger partial charge is 0.314 e. The van der Waals surface area contributed by atoms with Crippen LogP contribution in [-0.4, -0.2) is 13.1 Å². The minimum Gasteiger partial charge on any atom is -0.496 e. The second kappa shape index (κ2) is 9.40. The van der Waals surface area contributed by atoms with Crippen molar-refractivity contribution in [2.45, 2.75) is 18.9 Å². The van der Waals surface area contributed by atoms with Crippen LogP contribution < -0.4 is 4.74 Å². The molecule has 34 heavy (non-hydrogen) atoms. The number of carbonyl (C=O) groups excluding carboxylic acids is 1. The number of esters is 1. The zero-order valence-corrected chi connectivity index (χ0v) is 19.3. The van der Waals surface area contributed by atoms with E-state index in [0.717, 1.165) is 38.2 Å². The summed E-state index contributed by atoms with van der Waals surface area (Å²) in [6.45, 7) is 1.86. The largest absolute Gasteiger partial charge is 0.496 e. The van der Waals surface area contributed by atoms with Gasteiger partial charge in [-0.2, -0.15) is 0 Å². The summed E-state index contributed by atoms with van der Waals surface area (Å²) in [6, 6.07) is 36.3. The zero-order chi connectivity index (χ0) is 23.5. The maximum atomic E-state index is 13.6. The van der Waals surface area contributed by atoms with Crippen molar-refractivity contribution in [1.82, 2.24) is 0 Å². The molecule has 0 amide bonds. The lowest BCUT2D eigenvalue weighted by molar-refractivity contribution is -0.148. The highest BCUT2D eigenvalue weighted by atomic mass is 16.5. The number of para-hydroxylation sites is 1. The van der Waals surface area contributed by atoms with Crippen LogP contribution in [0.15, 0.2) is 109 Å². The van der Waals surface area contributed by atoms with Gasteiger partial charge < -0.3 is 9.47 Å². The Morgan fingerprint density at radius 2 is 1.09 bits per heavy atom. The molecule has 0 aliphatic heterocycles. The molecule has 0 bridgehead atoms. The molecule has 1 atom stereocenters. The Morgan fingerprint density at radius 3 is 1.68 bits per heavy atom. The van der Waals surface area contributed by atoms with Crippen LogP contribution in [0.5, 0.6) is 5.75 Å². The van der Waals surface area contributed by atoms with E-state index in [-0.39, 0.29) is 5.97 Å². The number of hydrogen-bond acceptors (Lipinski definition) is 3. The molecule has 168 valence electrons. The molecule has 0 radical (unpaired) electrons. The van der Waals surface area contributed by atoms with Crippen molar-refractivity contribution in [3.8, 4) is 5.75 Å². The Morgan fingerprint density at radius 1 is 0.618 bits per heavy atom. The Hall–Kier alpha value is -4.11.